The number of hydrogen-bond donors (Lipinski definition) is 0. The largest absolute Gasteiger partial charge is 0.490 e. The number of ether oxygens (including phenoxy) is 3. The fourth-order valence-electron chi connectivity index (χ4n) is 2.34. The van der Waals surface area contributed by atoms with Crippen LogP contribution >= 0.6 is 24.0 Å². The molecule has 1 heterocycles. The normalized spacial score (nSPS) is 15.4. The monoisotopic (exact) mass is 409 g/mol. The van der Waals surface area contributed by atoms with Crippen LogP contribution in [-0.4, -0.2) is 47.5 Å². The Hall–Kier alpha value is -2.06. The zero-order chi connectivity index (χ0) is 19.8. The molecule has 8 heteroatoms. The Labute approximate surface area is 168 Å². The molecule has 0 radical (unpaired) electrons. The topological polar surface area (TPSA) is 65.1 Å². The van der Waals surface area contributed by atoms with Crippen molar-refractivity contribution in [1.29, 1.82) is 0 Å². The quantitative estimate of drug-likeness (QED) is 0.350. The molecule has 1 aliphatic heterocycles. The van der Waals surface area contributed by atoms with Gasteiger partial charge in [-0.3, -0.25) is 14.5 Å². The molecule has 0 saturated carbocycles. The Morgan fingerprint density at radius 3 is 2.56 bits per heavy atom. The number of hydrogen-bond acceptors (Lipinski definition) is 7. The average Bonchev–Trinajstić information content (AvgIpc) is 2.90. The molecule has 1 fully saturated rings. The molecule has 0 bridgehead atoms. The standard InChI is InChI=1S/C19H23NO5S2/c1-4-9-25-17(21)12-20-18(22)16(27-19(20)26)11-13-7-8-14(23-5-2)15(10-13)24-6-3/h7-8,10-11H,4-6,9,12H2,1-3H3. The highest BCUT2D eigenvalue weighted by atomic mass is 32.2. The molecule has 146 valence electrons. The minimum Gasteiger partial charge on any atom is -0.490 e. The molecule has 0 aromatic heterocycles. The average molecular weight is 410 g/mol. The first-order valence-corrected chi connectivity index (χ1v) is 10.0. The summed E-state index contributed by atoms with van der Waals surface area (Å²) in [6.45, 7) is 6.90. The van der Waals surface area contributed by atoms with Crippen LogP contribution < -0.4 is 9.47 Å². The van der Waals surface area contributed by atoms with Crippen LogP contribution in [0.4, 0.5) is 0 Å². The van der Waals surface area contributed by atoms with Gasteiger partial charge in [-0.2, -0.15) is 0 Å². The number of nitrogens with zero attached hydrogens (tertiary/aromatic N) is 1. The molecule has 0 spiro atoms. The molecule has 0 unspecified atom stereocenters. The van der Waals surface area contributed by atoms with Gasteiger partial charge in [-0.15, -0.1) is 0 Å². The molecule has 1 aromatic carbocycles. The third kappa shape index (κ3) is 5.71. The first-order chi connectivity index (χ1) is 13.0. The summed E-state index contributed by atoms with van der Waals surface area (Å²) in [7, 11) is 0. The number of amides is 1. The highest BCUT2D eigenvalue weighted by Crippen LogP contribution is 2.34. The summed E-state index contributed by atoms with van der Waals surface area (Å²) < 4.78 is 16.5. The summed E-state index contributed by atoms with van der Waals surface area (Å²) in [5, 5.41) is 0. The third-order valence-corrected chi connectivity index (χ3v) is 4.87. The van der Waals surface area contributed by atoms with Crippen LogP contribution in [0.15, 0.2) is 23.1 Å². The zero-order valence-corrected chi connectivity index (χ0v) is 17.3. The summed E-state index contributed by atoms with van der Waals surface area (Å²) in [5.74, 6) is 0.508. The molecule has 1 saturated heterocycles. The molecule has 1 aliphatic rings. The number of thiocarbonyl (C=S) groups is 1. The molecule has 6 nitrogen and oxygen atoms in total. The van der Waals surface area contributed by atoms with E-state index in [1.165, 1.54) is 16.7 Å². The molecule has 27 heavy (non-hydrogen) atoms. The van der Waals surface area contributed by atoms with Gasteiger partial charge in [0.1, 0.15) is 10.9 Å². The van der Waals surface area contributed by atoms with Gasteiger partial charge in [0.25, 0.3) is 5.91 Å². The van der Waals surface area contributed by atoms with E-state index >= 15 is 0 Å². The van der Waals surface area contributed by atoms with Crippen molar-refractivity contribution in [2.24, 2.45) is 0 Å². The lowest BCUT2D eigenvalue weighted by Crippen LogP contribution is -2.34. The van der Waals surface area contributed by atoms with Crippen molar-refractivity contribution in [3.8, 4) is 11.5 Å². The maximum absolute atomic E-state index is 12.6. The molecule has 1 aromatic rings. The van der Waals surface area contributed by atoms with Gasteiger partial charge < -0.3 is 14.2 Å². The first kappa shape index (κ1) is 21.2. The van der Waals surface area contributed by atoms with Crippen LogP contribution in [0.25, 0.3) is 6.08 Å². The summed E-state index contributed by atoms with van der Waals surface area (Å²) in [6.07, 6.45) is 2.46. The Morgan fingerprint density at radius 2 is 1.89 bits per heavy atom. The Balaban J connectivity index is 2.17. The molecule has 0 N–H and O–H groups in total. The third-order valence-electron chi connectivity index (χ3n) is 3.49. The van der Waals surface area contributed by atoms with Crippen molar-refractivity contribution >= 4 is 46.3 Å². The van der Waals surface area contributed by atoms with Crippen molar-refractivity contribution in [1.82, 2.24) is 4.90 Å². The summed E-state index contributed by atoms with van der Waals surface area (Å²) in [6, 6.07) is 5.47. The fourth-order valence-corrected chi connectivity index (χ4v) is 3.59. The number of thioether (sulfide) groups is 1. The number of benzene rings is 1. The van der Waals surface area contributed by atoms with E-state index in [9.17, 15) is 9.59 Å². The van der Waals surface area contributed by atoms with E-state index in [2.05, 4.69) is 0 Å². The van der Waals surface area contributed by atoms with Crippen molar-refractivity contribution in [3.63, 3.8) is 0 Å². The van der Waals surface area contributed by atoms with Gasteiger partial charge in [0.05, 0.1) is 24.7 Å². The van der Waals surface area contributed by atoms with Gasteiger partial charge in [-0.25, -0.2) is 0 Å². The molecule has 0 aliphatic carbocycles. The molecular formula is C19H23NO5S2. The van der Waals surface area contributed by atoms with Crippen LogP contribution in [0, 0.1) is 0 Å². The minimum atomic E-state index is -0.464. The number of esters is 1. The predicted octanol–water partition coefficient (Wildman–Crippen LogP) is 3.64. The second kappa shape index (κ2) is 10.3. The fraction of sp³-hybridized carbons (Fsp3) is 0.421. The van der Waals surface area contributed by atoms with E-state index in [-0.39, 0.29) is 12.5 Å². The van der Waals surface area contributed by atoms with Crippen molar-refractivity contribution < 1.29 is 23.8 Å². The van der Waals surface area contributed by atoms with Crippen molar-refractivity contribution in [3.05, 3.63) is 28.7 Å². The lowest BCUT2D eigenvalue weighted by Gasteiger charge is -2.13. The van der Waals surface area contributed by atoms with Crippen LogP contribution in [0.5, 0.6) is 11.5 Å². The summed E-state index contributed by atoms with van der Waals surface area (Å²) in [4.78, 5) is 26.1. The zero-order valence-electron chi connectivity index (χ0n) is 15.6. The number of rotatable bonds is 9. The lowest BCUT2D eigenvalue weighted by atomic mass is 10.2. The van der Waals surface area contributed by atoms with Gasteiger partial charge in [-0.1, -0.05) is 37.0 Å². The van der Waals surface area contributed by atoms with E-state index in [0.29, 0.717) is 40.5 Å². The Bertz CT molecular complexity index is 748. The minimum absolute atomic E-state index is 0.171. The Morgan fingerprint density at radius 1 is 1.19 bits per heavy atom. The smallest absolute Gasteiger partial charge is 0.326 e. The summed E-state index contributed by atoms with van der Waals surface area (Å²) in [5.41, 5.74) is 0.788. The van der Waals surface area contributed by atoms with Gasteiger partial charge in [-0.05, 0) is 44.0 Å². The van der Waals surface area contributed by atoms with E-state index < -0.39 is 5.97 Å². The number of carbonyl (C=O) groups excluding carboxylic acids is 2. The summed E-state index contributed by atoms with van der Waals surface area (Å²) >= 11 is 6.40. The van der Waals surface area contributed by atoms with Gasteiger partial charge in [0.2, 0.25) is 0 Å². The molecular weight excluding hydrogens is 386 g/mol. The number of carbonyl (C=O) groups is 2. The predicted molar refractivity (Wildman–Crippen MR) is 110 cm³/mol. The SMILES string of the molecule is CCCOC(=O)CN1C(=O)C(=Cc2ccc(OCC)c(OCC)c2)SC1=S. The second-order valence-corrected chi connectivity index (χ2v) is 7.24. The van der Waals surface area contributed by atoms with Crippen LogP contribution in [0.2, 0.25) is 0 Å². The molecule has 1 amide bonds. The van der Waals surface area contributed by atoms with Gasteiger partial charge in [0.15, 0.2) is 11.5 Å². The Kier molecular flexibility index (Phi) is 8.12. The first-order valence-electron chi connectivity index (χ1n) is 8.80. The highest BCUT2D eigenvalue weighted by Gasteiger charge is 2.33. The van der Waals surface area contributed by atoms with Crippen LogP contribution in [0.3, 0.4) is 0 Å². The maximum atomic E-state index is 12.6. The van der Waals surface area contributed by atoms with E-state index in [1.807, 2.05) is 39.0 Å². The lowest BCUT2D eigenvalue weighted by molar-refractivity contribution is -0.146. The van der Waals surface area contributed by atoms with Crippen molar-refractivity contribution in [2.75, 3.05) is 26.4 Å². The van der Waals surface area contributed by atoms with Crippen LogP contribution in [0.1, 0.15) is 32.8 Å². The maximum Gasteiger partial charge on any atom is 0.326 e. The van der Waals surface area contributed by atoms with E-state index in [4.69, 9.17) is 26.4 Å². The van der Waals surface area contributed by atoms with Crippen LogP contribution in [-0.2, 0) is 14.3 Å². The second-order valence-electron chi connectivity index (χ2n) is 5.56. The van der Waals surface area contributed by atoms with E-state index in [1.54, 1.807) is 6.08 Å². The van der Waals surface area contributed by atoms with E-state index in [0.717, 1.165) is 12.0 Å². The molecule has 2 rings (SSSR count). The highest BCUT2D eigenvalue weighted by molar-refractivity contribution is 8.26. The molecule has 0 atom stereocenters. The van der Waals surface area contributed by atoms with Gasteiger partial charge >= 0.3 is 5.97 Å². The van der Waals surface area contributed by atoms with Crippen molar-refractivity contribution in [2.45, 2.75) is 27.2 Å². The van der Waals surface area contributed by atoms with Gasteiger partial charge in [0, 0.05) is 0 Å².